The standard InChI is InChI=1S/C5H6N2OS/c1-4(8)7-5-2-6-9-3-5/h2-3H,1H3,(H,7,8). The number of amides is 1. The minimum Gasteiger partial charge on any atom is -0.324 e. The van der Waals surface area contributed by atoms with Gasteiger partial charge in [0.05, 0.1) is 11.9 Å². The summed E-state index contributed by atoms with van der Waals surface area (Å²) in [6, 6.07) is 0. The van der Waals surface area contributed by atoms with Gasteiger partial charge < -0.3 is 5.32 Å². The molecule has 0 atom stereocenters. The van der Waals surface area contributed by atoms with E-state index < -0.39 is 0 Å². The molecule has 0 aliphatic rings. The first kappa shape index (κ1) is 6.22. The van der Waals surface area contributed by atoms with Crippen LogP contribution in [0.25, 0.3) is 0 Å². The van der Waals surface area contributed by atoms with Gasteiger partial charge in [0, 0.05) is 12.3 Å². The first-order valence-electron chi connectivity index (χ1n) is 2.46. The van der Waals surface area contributed by atoms with Crippen LogP contribution in [0.2, 0.25) is 0 Å². The molecule has 0 aliphatic heterocycles. The SMILES string of the molecule is CC(=O)Nc1cnsc1. The lowest BCUT2D eigenvalue weighted by atomic mass is 10.5. The Kier molecular flexibility index (Phi) is 1.79. The minimum atomic E-state index is -0.0600. The summed E-state index contributed by atoms with van der Waals surface area (Å²) in [5.41, 5.74) is 0.771. The smallest absolute Gasteiger partial charge is 0.221 e. The molecule has 1 amide bonds. The van der Waals surface area contributed by atoms with E-state index in [0.29, 0.717) is 0 Å². The van der Waals surface area contributed by atoms with E-state index in [1.807, 2.05) is 0 Å². The van der Waals surface area contributed by atoms with Crippen LogP contribution in [0.15, 0.2) is 11.6 Å². The van der Waals surface area contributed by atoms with Crippen LogP contribution in [0.3, 0.4) is 0 Å². The van der Waals surface area contributed by atoms with Crippen LogP contribution in [-0.2, 0) is 4.79 Å². The zero-order chi connectivity index (χ0) is 6.69. The number of hydrogen-bond donors (Lipinski definition) is 1. The minimum absolute atomic E-state index is 0.0600. The summed E-state index contributed by atoms with van der Waals surface area (Å²) in [6.45, 7) is 1.47. The second-order valence-corrected chi connectivity index (χ2v) is 2.25. The Morgan fingerprint density at radius 3 is 3.11 bits per heavy atom. The third kappa shape index (κ3) is 1.81. The lowest BCUT2D eigenvalue weighted by Crippen LogP contribution is -2.04. The Bertz CT molecular complexity index is 195. The molecule has 1 aromatic rings. The van der Waals surface area contributed by atoms with E-state index in [4.69, 9.17) is 0 Å². The predicted molar refractivity (Wildman–Crippen MR) is 36.4 cm³/mol. The highest BCUT2D eigenvalue weighted by molar-refractivity contribution is 7.04. The lowest BCUT2D eigenvalue weighted by molar-refractivity contribution is -0.114. The van der Waals surface area contributed by atoms with Gasteiger partial charge in [-0.05, 0) is 11.5 Å². The zero-order valence-corrected chi connectivity index (χ0v) is 5.73. The molecule has 4 heteroatoms. The van der Waals surface area contributed by atoms with Gasteiger partial charge in [0.2, 0.25) is 5.91 Å². The molecule has 0 unspecified atom stereocenters. The molecule has 0 radical (unpaired) electrons. The van der Waals surface area contributed by atoms with Gasteiger partial charge in [-0.15, -0.1) is 0 Å². The van der Waals surface area contributed by atoms with Crippen LogP contribution in [-0.4, -0.2) is 10.3 Å². The van der Waals surface area contributed by atoms with Crippen molar-refractivity contribution in [2.45, 2.75) is 6.92 Å². The fourth-order valence-corrected chi connectivity index (χ4v) is 0.938. The highest BCUT2D eigenvalue weighted by Gasteiger charge is 1.92. The third-order valence-corrected chi connectivity index (χ3v) is 1.34. The average molecular weight is 142 g/mol. The van der Waals surface area contributed by atoms with Gasteiger partial charge in [-0.25, -0.2) is 0 Å². The normalized spacial score (nSPS) is 9.00. The van der Waals surface area contributed by atoms with E-state index in [0.717, 1.165) is 5.69 Å². The number of anilines is 1. The Labute approximate surface area is 56.9 Å². The van der Waals surface area contributed by atoms with Crippen molar-refractivity contribution in [2.24, 2.45) is 0 Å². The first-order chi connectivity index (χ1) is 4.29. The van der Waals surface area contributed by atoms with Crippen LogP contribution in [0.1, 0.15) is 6.92 Å². The van der Waals surface area contributed by atoms with Crippen LogP contribution in [0.4, 0.5) is 5.69 Å². The number of carbonyl (C=O) groups is 1. The Morgan fingerprint density at radius 1 is 1.89 bits per heavy atom. The van der Waals surface area contributed by atoms with Crippen molar-refractivity contribution in [3.63, 3.8) is 0 Å². The van der Waals surface area contributed by atoms with E-state index in [2.05, 4.69) is 9.69 Å². The number of aromatic nitrogens is 1. The van der Waals surface area contributed by atoms with E-state index >= 15 is 0 Å². The van der Waals surface area contributed by atoms with Gasteiger partial charge in [0.1, 0.15) is 0 Å². The van der Waals surface area contributed by atoms with Gasteiger partial charge in [0.15, 0.2) is 0 Å². The number of carbonyl (C=O) groups excluding carboxylic acids is 1. The second-order valence-electron chi connectivity index (χ2n) is 1.59. The molecule has 1 heterocycles. The van der Waals surface area contributed by atoms with Crippen LogP contribution >= 0.6 is 11.5 Å². The molecule has 0 bridgehead atoms. The van der Waals surface area contributed by atoms with Gasteiger partial charge in [0.25, 0.3) is 0 Å². The second kappa shape index (κ2) is 2.59. The Hall–Kier alpha value is -0.900. The van der Waals surface area contributed by atoms with Crippen LogP contribution in [0, 0.1) is 0 Å². The van der Waals surface area contributed by atoms with Gasteiger partial charge in [-0.1, -0.05) is 0 Å². The lowest BCUT2D eigenvalue weighted by Gasteiger charge is -1.91. The molecule has 0 saturated carbocycles. The number of rotatable bonds is 1. The monoisotopic (exact) mass is 142 g/mol. The molecular weight excluding hydrogens is 136 g/mol. The Balaban J connectivity index is 2.58. The fourth-order valence-electron chi connectivity index (χ4n) is 0.470. The summed E-state index contributed by atoms with van der Waals surface area (Å²) >= 11 is 1.32. The van der Waals surface area contributed by atoms with Crippen molar-refractivity contribution in [3.05, 3.63) is 11.6 Å². The number of nitrogens with zero attached hydrogens (tertiary/aromatic N) is 1. The molecule has 1 N–H and O–H groups in total. The maximum Gasteiger partial charge on any atom is 0.221 e. The van der Waals surface area contributed by atoms with Gasteiger partial charge >= 0.3 is 0 Å². The molecule has 3 nitrogen and oxygen atoms in total. The molecule has 48 valence electrons. The molecule has 0 fully saturated rings. The topological polar surface area (TPSA) is 42.0 Å². The van der Waals surface area contributed by atoms with E-state index in [-0.39, 0.29) is 5.91 Å². The summed E-state index contributed by atoms with van der Waals surface area (Å²) < 4.78 is 3.80. The van der Waals surface area contributed by atoms with Crippen molar-refractivity contribution >= 4 is 23.1 Å². The van der Waals surface area contributed by atoms with Gasteiger partial charge in [-0.3, -0.25) is 4.79 Å². The van der Waals surface area contributed by atoms with Crippen molar-refractivity contribution in [1.29, 1.82) is 0 Å². The maximum absolute atomic E-state index is 10.4. The molecule has 0 aliphatic carbocycles. The van der Waals surface area contributed by atoms with E-state index in [1.165, 1.54) is 18.5 Å². The summed E-state index contributed by atoms with van der Waals surface area (Å²) in [4.78, 5) is 10.4. The van der Waals surface area contributed by atoms with Crippen molar-refractivity contribution in [2.75, 3.05) is 5.32 Å². The van der Waals surface area contributed by atoms with E-state index in [9.17, 15) is 4.79 Å². The molecule has 0 aromatic carbocycles. The third-order valence-electron chi connectivity index (χ3n) is 0.753. The summed E-state index contributed by atoms with van der Waals surface area (Å²) in [5.74, 6) is -0.0600. The largest absolute Gasteiger partial charge is 0.324 e. The molecule has 9 heavy (non-hydrogen) atoms. The average Bonchev–Trinajstić information content (AvgIpc) is 2.15. The summed E-state index contributed by atoms with van der Waals surface area (Å²) in [6.07, 6.45) is 1.62. The number of nitrogens with one attached hydrogen (secondary N) is 1. The number of hydrogen-bond acceptors (Lipinski definition) is 3. The zero-order valence-electron chi connectivity index (χ0n) is 4.92. The van der Waals surface area contributed by atoms with Crippen LogP contribution in [0.5, 0.6) is 0 Å². The highest BCUT2D eigenvalue weighted by atomic mass is 32.1. The van der Waals surface area contributed by atoms with Crippen LogP contribution < -0.4 is 5.32 Å². The van der Waals surface area contributed by atoms with E-state index in [1.54, 1.807) is 11.6 Å². The Morgan fingerprint density at radius 2 is 2.67 bits per heavy atom. The molecular formula is C5H6N2OS. The fraction of sp³-hybridized carbons (Fsp3) is 0.200. The molecule has 0 saturated heterocycles. The molecule has 1 aromatic heterocycles. The molecule has 1 rings (SSSR count). The van der Waals surface area contributed by atoms with Gasteiger partial charge in [-0.2, -0.15) is 4.37 Å². The maximum atomic E-state index is 10.4. The predicted octanol–water partition coefficient (Wildman–Crippen LogP) is 1.10. The highest BCUT2D eigenvalue weighted by Crippen LogP contribution is 2.06. The van der Waals surface area contributed by atoms with Crippen molar-refractivity contribution in [1.82, 2.24) is 4.37 Å². The quantitative estimate of drug-likeness (QED) is 0.638. The summed E-state index contributed by atoms with van der Waals surface area (Å²) in [5, 5.41) is 4.37. The molecule has 0 spiro atoms. The van der Waals surface area contributed by atoms with Crippen molar-refractivity contribution in [3.8, 4) is 0 Å². The summed E-state index contributed by atoms with van der Waals surface area (Å²) in [7, 11) is 0. The first-order valence-corrected chi connectivity index (χ1v) is 3.29. The van der Waals surface area contributed by atoms with Crippen molar-refractivity contribution < 1.29 is 4.79 Å².